The molecule has 0 aliphatic carbocycles. The number of ether oxygens (including phenoxy) is 1. The molecule has 1 aliphatic rings. The fourth-order valence-corrected chi connectivity index (χ4v) is 4.02. The van der Waals surface area contributed by atoms with E-state index in [0.29, 0.717) is 11.5 Å². The summed E-state index contributed by atoms with van der Waals surface area (Å²) in [6.07, 6.45) is 2.28. The van der Waals surface area contributed by atoms with Crippen molar-refractivity contribution in [2.45, 2.75) is 26.3 Å². The van der Waals surface area contributed by atoms with Gasteiger partial charge in [0.25, 0.3) is 5.91 Å². The van der Waals surface area contributed by atoms with E-state index in [4.69, 9.17) is 4.74 Å². The lowest BCUT2D eigenvalue weighted by atomic mass is 9.96. The van der Waals surface area contributed by atoms with Crippen molar-refractivity contribution in [3.63, 3.8) is 0 Å². The Bertz CT molecular complexity index is 692. The second kappa shape index (κ2) is 8.50. The molecule has 4 nitrogen and oxygen atoms in total. The largest absolute Gasteiger partial charge is 0.496 e. The highest BCUT2D eigenvalue weighted by molar-refractivity contribution is 7.09. The quantitative estimate of drug-likeness (QED) is 0.856. The molecule has 1 aromatic heterocycles. The first-order chi connectivity index (χ1) is 12.2. The number of benzene rings is 1. The Labute approximate surface area is 153 Å². The summed E-state index contributed by atoms with van der Waals surface area (Å²) in [5.41, 5.74) is 1.70. The van der Waals surface area contributed by atoms with Crippen molar-refractivity contribution in [1.29, 1.82) is 0 Å². The second-order valence-corrected chi connectivity index (χ2v) is 7.73. The van der Waals surface area contributed by atoms with Crippen molar-refractivity contribution in [3.8, 4) is 5.75 Å². The van der Waals surface area contributed by atoms with Crippen molar-refractivity contribution in [3.05, 3.63) is 51.7 Å². The molecule has 1 fully saturated rings. The van der Waals surface area contributed by atoms with E-state index in [2.05, 4.69) is 27.7 Å². The fourth-order valence-electron chi connectivity index (χ4n) is 3.27. The standard InChI is InChI=1S/C20H26N2O2S/c1-15-5-6-17(12-19(15)24-2)20(23)21-13-16-7-9-22(10-8-16)14-18-4-3-11-25-18/h3-6,11-12,16H,7-10,13-14H2,1-2H3,(H,21,23). The first-order valence-electron chi connectivity index (χ1n) is 8.83. The molecule has 1 saturated heterocycles. The molecular weight excluding hydrogens is 332 g/mol. The van der Waals surface area contributed by atoms with Crippen molar-refractivity contribution in [1.82, 2.24) is 10.2 Å². The molecule has 0 saturated carbocycles. The molecule has 0 unspecified atom stereocenters. The van der Waals surface area contributed by atoms with Gasteiger partial charge in [0.2, 0.25) is 0 Å². The van der Waals surface area contributed by atoms with E-state index in [0.717, 1.165) is 50.3 Å². The minimum atomic E-state index is -0.0145. The number of carbonyl (C=O) groups is 1. The summed E-state index contributed by atoms with van der Waals surface area (Å²) in [5.74, 6) is 1.31. The number of hydrogen-bond donors (Lipinski definition) is 1. The second-order valence-electron chi connectivity index (χ2n) is 6.69. The van der Waals surface area contributed by atoms with E-state index in [1.807, 2.05) is 36.5 Å². The zero-order valence-electron chi connectivity index (χ0n) is 15.0. The predicted octanol–water partition coefficient (Wildman–Crippen LogP) is 3.71. The number of carbonyl (C=O) groups excluding carboxylic acids is 1. The summed E-state index contributed by atoms with van der Waals surface area (Å²) in [6, 6.07) is 9.91. The van der Waals surface area contributed by atoms with Crippen LogP contribution in [0, 0.1) is 12.8 Å². The van der Waals surface area contributed by atoms with E-state index in [1.54, 1.807) is 7.11 Å². The van der Waals surface area contributed by atoms with Crippen LogP contribution in [0.2, 0.25) is 0 Å². The van der Waals surface area contributed by atoms with Crippen LogP contribution in [0.1, 0.15) is 33.6 Å². The normalized spacial score (nSPS) is 15.9. The van der Waals surface area contributed by atoms with Crippen molar-refractivity contribution in [2.75, 3.05) is 26.7 Å². The highest BCUT2D eigenvalue weighted by atomic mass is 32.1. The van der Waals surface area contributed by atoms with E-state index < -0.39 is 0 Å². The summed E-state index contributed by atoms with van der Waals surface area (Å²) >= 11 is 1.82. The van der Waals surface area contributed by atoms with Crippen LogP contribution >= 0.6 is 11.3 Å². The van der Waals surface area contributed by atoms with Gasteiger partial charge in [-0.2, -0.15) is 0 Å². The number of rotatable bonds is 6. The van der Waals surface area contributed by atoms with Crippen molar-refractivity contribution >= 4 is 17.2 Å². The molecule has 1 aliphatic heterocycles. The predicted molar refractivity (Wildman–Crippen MR) is 102 cm³/mol. The van der Waals surface area contributed by atoms with E-state index in [9.17, 15) is 4.79 Å². The third-order valence-corrected chi connectivity index (χ3v) is 5.75. The van der Waals surface area contributed by atoms with Crippen LogP contribution in [0.4, 0.5) is 0 Å². The van der Waals surface area contributed by atoms with Gasteiger partial charge < -0.3 is 10.1 Å². The summed E-state index contributed by atoms with van der Waals surface area (Å²) in [5, 5.41) is 5.23. The smallest absolute Gasteiger partial charge is 0.251 e. The van der Waals surface area contributed by atoms with Gasteiger partial charge in [0.05, 0.1) is 7.11 Å². The Hall–Kier alpha value is -1.85. The molecule has 2 aromatic rings. The number of hydrogen-bond acceptors (Lipinski definition) is 4. The molecule has 3 rings (SSSR count). The maximum Gasteiger partial charge on any atom is 0.251 e. The molecule has 1 amide bonds. The van der Waals surface area contributed by atoms with Crippen molar-refractivity contribution in [2.24, 2.45) is 5.92 Å². The van der Waals surface area contributed by atoms with Crippen LogP contribution in [-0.4, -0.2) is 37.6 Å². The molecule has 1 aromatic carbocycles. The van der Waals surface area contributed by atoms with Gasteiger partial charge in [-0.3, -0.25) is 9.69 Å². The summed E-state index contributed by atoms with van der Waals surface area (Å²) in [4.78, 5) is 16.3. The Morgan fingerprint density at radius 1 is 1.32 bits per heavy atom. The fraction of sp³-hybridized carbons (Fsp3) is 0.450. The van der Waals surface area contributed by atoms with Crippen LogP contribution < -0.4 is 10.1 Å². The monoisotopic (exact) mass is 358 g/mol. The molecular formula is C20H26N2O2S. The van der Waals surface area contributed by atoms with Crippen LogP contribution in [0.5, 0.6) is 5.75 Å². The number of nitrogens with zero attached hydrogens (tertiary/aromatic N) is 1. The van der Waals surface area contributed by atoms with Gasteiger partial charge in [-0.15, -0.1) is 11.3 Å². The highest BCUT2D eigenvalue weighted by Crippen LogP contribution is 2.21. The van der Waals surface area contributed by atoms with Crippen LogP contribution in [-0.2, 0) is 6.54 Å². The zero-order valence-corrected chi connectivity index (χ0v) is 15.8. The summed E-state index contributed by atoms with van der Waals surface area (Å²) < 4.78 is 5.30. The molecule has 0 spiro atoms. The molecule has 2 heterocycles. The number of aryl methyl sites for hydroxylation is 1. The minimum Gasteiger partial charge on any atom is -0.496 e. The maximum atomic E-state index is 12.4. The van der Waals surface area contributed by atoms with Gasteiger partial charge in [-0.1, -0.05) is 12.1 Å². The Balaban J connectivity index is 1.44. The Morgan fingerprint density at radius 3 is 2.80 bits per heavy atom. The Kier molecular flexibility index (Phi) is 6.10. The van der Waals surface area contributed by atoms with Gasteiger partial charge in [-0.25, -0.2) is 0 Å². The Morgan fingerprint density at radius 2 is 2.12 bits per heavy atom. The average Bonchev–Trinajstić information content (AvgIpc) is 3.14. The lowest BCUT2D eigenvalue weighted by Crippen LogP contribution is -2.38. The van der Waals surface area contributed by atoms with Crippen LogP contribution in [0.3, 0.4) is 0 Å². The van der Waals surface area contributed by atoms with E-state index in [1.165, 1.54) is 4.88 Å². The number of methoxy groups -OCH3 is 1. The van der Waals surface area contributed by atoms with Gasteiger partial charge in [0, 0.05) is 23.5 Å². The highest BCUT2D eigenvalue weighted by Gasteiger charge is 2.20. The number of amides is 1. The molecule has 0 atom stereocenters. The van der Waals surface area contributed by atoms with Crippen LogP contribution in [0.15, 0.2) is 35.7 Å². The first kappa shape index (κ1) is 18.0. The van der Waals surface area contributed by atoms with Crippen molar-refractivity contribution < 1.29 is 9.53 Å². The molecule has 1 N–H and O–H groups in total. The third kappa shape index (κ3) is 4.83. The molecule has 0 radical (unpaired) electrons. The summed E-state index contributed by atoms with van der Waals surface area (Å²) in [7, 11) is 1.63. The first-order valence-corrected chi connectivity index (χ1v) is 9.71. The maximum absolute atomic E-state index is 12.4. The number of thiophene rings is 1. The zero-order chi connectivity index (χ0) is 17.6. The van der Waals surface area contributed by atoms with E-state index >= 15 is 0 Å². The lowest BCUT2D eigenvalue weighted by Gasteiger charge is -2.31. The molecule has 25 heavy (non-hydrogen) atoms. The average molecular weight is 359 g/mol. The summed E-state index contributed by atoms with van der Waals surface area (Å²) in [6.45, 7) is 6.00. The lowest BCUT2D eigenvalue weighted by molar-refractivity contribution is 0.0935. The molecule has 5 heteroatoms. The van der Waals surface area contributed by atoms with E-state index in [-0.39, 0.29) is 5.91 Å². The number of nitrogens with one attached hydrogen (secondary N) is 1. The number of piperidine rings is 1. The topological polar surface area (TPSA) is 41.6 Å². The van der Waals surface area contributed by atoms with Gasteiger partial charge in [-0.05, 0) is 67.9 Å². The van der Waals surface area contributed by atoms with Gasteiger partial charge >= 0.3 is 0 Å². The molecule has 0 bridgehead atoms. The molecule has 134 valence electrons. The van der Waals surface area contributed by atoms with Gasteiger partial charge in [0.1, 0.15) is 5.75 Å². The minimum absolute atomic E-state index is 0.0145. The number of likely N-dealkylation sites (tertiary alicyclic amines) is 1. The van der Waals surface area contributed by atoms with Gasteiger partial charge in [0.15, 0.2) is 0 Å². The SMILES string of the molecule is COc1cc(C(=O)NCC2CCN(Cc3cccs3)CC2)ccc1C. The third-order valence-electron chi connectivity index (χ3n) is 4.89. The van der Waals surface area contributed by atoms with Crippen LogP contribution in [0.25, 0.3) is 0 Å².